The molecule has 2 N–H and O–H groups in total. The Morgan fingerprint density at radius 2 is 2.00 bits per heavy atom. The van der Waals surface area contributed by atoms with Crippen LogP contribution in [0, 0.1) is 11.3 Å². The van der Waals surface area contributed by atoms with Crippen LogP contribution in [0.4, 0.5) is 10.6 Å². The Bertz CT molecular complexity index is 1260. The number of fused-ring (bicyclic) bond motifs is 1. The SMILES string of the molecule is CN1C[C@H](OCCOCCO)C[C@H]1COc1nc2c(c(N3CCN(C(=O)OCc4ccccc4)[C@@H](CC#N)C3)n1)CCNC2. The number of nitriles is 1. The van der Waals surface area contributed by atoms with Gasteiger partial charge in [-0.2, -0.15) is 15.2 Å². The minimum atomic E-state index is -0.410. The summed E-state index contributed by atoms with van der Waals surface area (Å²) >= 11 is 0. The van der Waals surface area contributed by atoms with Crippen LogP contribution in [0.15, 0.2) is 30.3 Å². The molecule has 2 fully saturated rings. The van der Waals surface area contributed by atoms with Crippen molar-refractivity contribution in [1.82, 2.24) is 25.1 Å². The molecule has 5 rings (SSSR count). The maximum atomic E-state index is 13.0. The molecule has 2 aromatic rings. The van der Waals surface area contributed by atoms with Crippen LogP contribution in [0.5, 0.6) is 6.01 Å². The van der Waals surface area contributed by atoms with Crippen LogP contribution in [0.25, 0.3) is 0 Å². The zero-order valence-corrected chi connectivity index (χ0v) is 25.4. The van der Waals surface area contributed by atoms with Crippen molar-refractivity contribution in [3.8, 4) is 12.1 Å². The van der Waals surface area contributed by atoms with E-state index < -0.39 is 6.09 Å². The second-order valence-corrected chi connectivity index (χ2v) is 11.3. The van der Waals surface area contributed by atoms with Crippen LogP contribution < -0.4 is 15.0 Å². The van der Waals surface area contributed by atoms with E-state index in [0.717, 1.165) is 48.6 Å². The third-order valence-electron chi connectivity index (χ3n) is 8.32. The Hall–Kier alpha value is -3.54. The lowest BCUT2D eigenvalue weighted by Gasteiger charge is -2.41. The van der Waals surface area contributed by atoms with Gasteiger partial charge < -0.3 is 39.2 Å². The molecular weight excluding hydrogens is 566 g/mol. The smallest absolute Gasteiger partial charge is 0.410 e. The Morgan fingerprint density at radius 1 is 1.14 bits per heavy atom. The summed E-state index contributed by atoms with van der Waals surface area (Å²) in [7, 11) is 2.06. The Kier molecular flexibility index (Phi) is 11.6. The summed E-state index contributed by atoms with van der Waals surface area (Å²) < 4.78 is 23.1. The van der Waals surface area contributed by atoms with Gasteiger partial charge in [0.05, 0.1) is 56.8 Å². The summed E-state index contributed by atoms with van der Waals surface area (Å²) in [5, 5.41) is 21.8. The highest BCUT2D eigenvalue weighted by Gasteiger charge is 2.35. The normalized spacial score (nSPS) is 22.0. The lowest BCUT2D eigenvalue weighted by Crippen LogP contribution is -2.55. The lowest BCUT2D eigenvalue weighted by atomic mass is 10.0. The van der Waals surface area contributed by atoms with Gasteiger partial charge in [0.15, 0.2) is 0 Å². The number of carbonyl (C=O) groups is 1. The molecule has 0 spiro atoms. The van der Waals surface area contributed by atoms with Gasteiger partial charge in [-0.15, -0.1) is 0 Å². The first-order valence-corrected chi connectivity index (χ1v) is 15.4. The highest BCUT2D eigenvalue weighted by Crippen LogP contribution is 2.29. The molecule has 0 radical (unpaired) electrons. The Labute approximate surface area is 258 Å². The maximum Gasteiger partial charge on any atom is 0.410 e. The molecule has 3 aliphatic heterocycles. The monoisotopic (exact) mass is 609 g/mol. The predicted molar refractivity (Wildman–Crippen MR) is 161 cm³/mol. The number of hydrogen-bond donors (Lipinski definition) is 2. The fraction of sp³-hybridized carbons (Fsp3) is 0.613. The van der Waals surface area contributed by atoms with E-state index in [1.54, 1.807) is 4.90 Å². The molecule has 3 aliphatic rings. The van der Waals surface area contributed by atoms with Crippen molar-refractivity contribution in [2.45, 2.75) is 50.6 Å². The molecular formula is C31H43N7O6. The number of aliphatic hydroxyl groups excluding tert-OH is 1. The number of nitrogens with one attached hydrogen (secondary N) is 1. The largest absolute Gasteiger partial charge is 0.462 e. The Balaban J connectivity index is 1.22. The second kappa shape index (κ2) is 16.0. The van der Waals surface area contributed by atoms with E-state index in [-0.39, 0.29) is 37.8 Å². The van der Waals surface area contributed by atoms with Crippen LogP contribution in [0.1, 0.15) is 29.7 Å². The molecule has 0 saturated carbocycles. The molecule has 13 nitrogen and oxygen atoms in total. The molecule has 0 unspecified atom stereocenters. The Morgan fingerprint density at radius 3 is 2.82 bits per heavy atom. The molecule has 0 aliphatic carbocycles. The van der Waals surface area contributed by atoms with Crippen molar-refractivity contribution in [2.24, 2.45) is 0 Å². The summed E-state index contributed by atoms with van der Waals surface area (Å²) in [5.74, 6) is 0.815. The zero-order valence-electron chi connectivity index (χ0n) is 25.4. The quantitative estimate of drug-likeness (QED) is 0.316. The van der Waals surface area contributed by atoms with Gasteiger partial charge in [-0.3, -0.25) is 4.90 Å². The van der Waals surface area contributed by atoms with E-state index in [4.69, 9.17) is 34.0 Å². The van der Waals surface area contributed by atoms with E-state index in [1.807, 2.05) is 30.3 Å². The van der Waals surface area contributed by atoms with Gasteiger partial charge in [-0.25, -0.2) is 4.79 Å². The van der Waals surface area contributed by atoms with Crippen molar-refractivity contribution < 1.29 is 28.8 Å². The molecule has 1 aromatic carbocycles. The number of aromatic nitrogens is 2. The number of carbonyl (C=O) groups excluding carboxylic acids is 1. The number of anilines is 1. The van der Waals surface area contributed by atoms with Gasteiger partial charge in [0.2, 0.25) is 0 Å². The molecule has 0 bridgehead atoms. The van der Waals surface area contributed by atoms with Gasteiger partial charge in [-0.1, -0.05) is 30.3 Å². The first-order chi connectivity index (χ1) is 21.6. The molecule has 3 atom stereocenters. The first kappa shape index (κ1) is 31.9. The van der Waals surface area contributed by atoms with Crippen LogP contribution in [0.2, 0.25) is 0 Å². The van der Waals surface area contributed by atoms with Crippen molar-refractivity contribution in [3.05, 3.63) is 47.2 Å². The number of rotatable bonds is 13. The minimum Gasteiger partial charge on any atom is -0.462 e. The number of likely N-dealkylation sites (tertiary alicyclic amines) is 1. The number of likely N-dealkylation sites (N-methyl/N-ethyl adjacent to an activating group) is 1. The summed E-state index contributed by atoms with van der Waals surface area (Å²) in [4.78, 5) is 28.7. The standard InChI is InChI=1S/C31H43N7O6/c1-36-20-26(42-16-15-41-14-13-39)17-25(36)22-43-30-34-28-18-33-10-8-27(28)29(35-30)37-11-12-38(24(19-37)7-9-32)31(40)44-21-23-5-3-2-4-6-23/h2-6,24-26,33,39H,7-8,10-22H2,1H3/t24-,25-,26+/m0/s1. The zero-order chi connectivity index (χ0) is 30.7. The molecule has 238 valence electrons. The third kappa shape index (κ3) is 8.34. The highest BCUT2D eigenvalue weighted by molar-refractivity contribution is 5.69. The van der Waals surface area contributed by atoms with Crippen LogP contribution in [-0.4, -0.2) is 122 Å². The van der Waals surface area contributed by atoms with Gasteiger partial charge >= 0.3 is 12.1 Å². The topological polar surface area (TPSA) is 146 Å². The van der Waals surface area contributed by atoms with Crippen molar-refractivity contribution >= 4 is 11.9 Å². The number of amides is 1. The summed E-state index contributed by atoms with van der Waals surface area (Å²) in [6, 6.07) is 12.0. The van der Waals surface area contributed by atoms with Crippen LogP contribution in [-0.2, 0) is 33.8 Å². The van der Waals surface area contributed by atoms with Crippen LogP contribution >= 0.6 is 0 Å². The molecule has 4 heterocycles. The summed E-state index contributed by atoms with van der Waals surface area (Å²) in [6.45, 7) is 5.60. The molecule has 2 saturated heterocycles. The number of benzene rings is 1. The fourth-order valence-corrected chi connectivity index (χ4v) is 5.97. The van der Waals surface area contributed by atoms with Gasteiger partial charge in [0.25, 0.3) is 0 Å². The van der Waals surface area contributed by atoms with E-state index in [0.29, 0.717) is 58.6 Å². The third-order valence-corrected chi connectivity index (χ3v) is 8.32. The van der Waals surface area contributed by atoms with Gasteiger partial charge in [0.1, 0.15) is 19.0 Å². The molecule has 1 amide bonds. The average Bonchev–Trinajstić information content (AvgIpc) is 3.41. The summed E-state index contributed by atoms with van der Waals surface area (Å²) in [6.07, 6.45) is 1.49. The van der Waals surface area contributed by atoms with Crippen molar-refractivity contribution in [1.29, 1.82) is 5.26 Å². The van der Waals surface area contributed by atoms with Crippen molar-refractivity contribution in [2.75, 3.05) is 77.7 Å². The van der Waals surface area contributed by atoms with Crippen LogP contribution in [0.3, 0.4) is 0 Å². The van der Waals surface area contributed by atoms with Gasteiger partial charge in [0, 0.05) is 44.3 Å². The van der Waals surface area contributed by atoms with E-state index in [9.17, 15) is 10.1 Å². The van der Waals surface area contributed by atoms with Gasteiger partial charge in [-0.05, 0) is 32.0 Å². The highest BCUT2D eigenvalue weighted by atomic mass is 16.6. The lowest BCUT2D eigenvalue weighted by molar-refractivity contribution is 0.00184. The number of piperazine rings is 1. The minimum absolute atomic E-state index is 0.00853. The number of aliphatic hydroxyl groups is 1. The second-order valence-electron chi connectivity index (χ2n) is 11.3. The molecule has 13 heteroatoms. The molecule has 44 heavy (non-hydrogen) atoms. The van der Waals surface area contributed by atoms with Crippen molar-refractivity contribution in [3.63, 3.8) is 0 Å². The number of ether oxygens (including phenoxy) is 4. The molecule has 1 aromatic heterocycles. The van der Waals surface area contributed by atoms with E-state index >= 15 is 0 Å². The number of hydrogen-bond acceptors (Lipinski definition) is 12. The van der Waals surface area contributed by atoms with E-state index in [1.165, 1.54) is 0 Å². The predicted octanol–water partition coefficient (Wildman–Crippen LogP) is 1.34. The first-order valence-electron chi connectivity index (χ1n) is 15.4. The average molecular weight is 610 g/mol. The maximum absolute atomic E-state index is 13.0. The fourth-order valence-electron chi connectivity index (χ4n) is 5.97. The number of nitrogens with zero attached hydrogens (tertiary/aromatic N) is 6. The summed E-state index contributed by atoms with van der Waals surface area (Å²) in [5.41, 5.74) is 2.92. The van der Waals surface area contributed by atoms with E-state index in [2.05, 4.69) is 28.2 Å².